The fourth-order valence-electron chi connectivity index (χ4n) is 4.14. The number of carbonyl (C=O) groups excluding carboxylic acids is 1. The van der Waals surface area contributed by atoms with Gasteiger partial charge in [0, 0.05) is 17.3 Å². The van der Waals surface area contributed by atoms with Crippen molar-refractivity contribution in [1.82, 2.24) is 4.90 Å². The van der Waals surface area contributed by atoms with E-state index in [1.54, 1.807) is 26.4 Å². The molecule has 0 radical (unpaired) electrons. The highest BCUT2D eigenvalue weighted by Gasteiger charge is 2.31. The summed E-state index contributed by atoms with van der Waals surface area (Å²) in [6.45, 7) is 1.02. The fraction of sp³-hybridized carbons (Fsp3) is 0.240. The number of carbonyl (C=O) groups is 1. The molecule has 6 heteroatoms. The number of hydrogen-bond acceptors (Lipinski definition) is 4. The SMILES string of the molecule is COc1cc2c(cc1OC)[C@H](c1ccccc1)N(CC(=O)Nc1cccc(Cl)c1)CC2. The molecule has 0 fully saturated rings. The predicted octanol–water partition coefficient (Wildman–Crippen LogP) is 4.94. The summed E-state index contributed by atoms with van der Waals surface area (Å²) in [7, 11) is 3.29. The Balaban J connectivity index is 1.65. The van der Waals surface area contributed by atoms with Gasteiger partial charge in [0.05, 0.1) is 26.8 Å². The van der Waals surface area contributed by atoms with Gasteiger partial charge >= 0.3 is 0 Å². The maximum Gasteiger partial charge on any atom is 0.238 e. The fourth-order valence-corrected chi connectivity index (χ4v) is 4.34. The molecule has 1 heterocycles. The van der Waals surface area contributed by atoms with E-state index in [1.807, 2.05) is 42.5 Å². The van der Waals surface area contributed by atoms with E-state index in [0.29, 0.717) is 16.5 Å². The maximum atomic E-state index is 12.9. The van der Waals surface area contributed by atoms with Crippen LogP contribution in [0.4, 0.5) is 5.69 Å². The second-order valence-electron chi connectivity index (χ2n) is 7.50. The van der Waals surface area contributed by atoms with Gasteiger partial charge in [-0.2, -0.15) is 0 Å². The Kier molecular flexibility index (Phi) is 6.44. The van der Waals surface area contributed by atoms with Gasteiger partial charge in [0.2, 0.25) is 5.91 Å². The molecule has 1 atom stereocenters. The van der Waals surface area contributed by atoms with Crippen LogP contribution in [0, 0.1) is 0 Å². The van der Waals surface area contributed by atoms with E-state index >= 15 is 0 Å². The second-order valence-corrected chi connectivity index (χ2v) is 7.93. The minimum atomic E-state index is -0.0767. The number of nitrogens with one attached hydrogen (secondary N) is 1. The van der Waals surface area contributed by atoms with Crippen molar-refractivity contribution in [1.29, 1.82) is 0 Å². The lowest BCUT2D eigenvalue weighted by atomic mass is 9.87. The smallest absolute Gasteiger partial charge is 0.238 e. The van der Waals surface area contributed by atoms with Crippen LogP contribution in [0.2, 0.25) is 5.02 Å². The van der Waals surface area contributed by atoms with Gasteiger partial charge in [0.1, 0.15) is 0 Å². The minimum absolute atomic E-state index is 0.0603. The molecule has 1 N–H and O–H groups in total. The largest absolute Gasteiger partial charge is 0.493 e. The summed E-state index contributed by atoms with van der Waals surface area (Å²) in [5, 5.41) is 3.55. The highest BCUT2D eigenvalue weighted by atomic mass is 35.5. The molecular weight excluding hydrogens is 412 g/mol. The van der Waals surface area contributed by atoms with E-state index < -0.39 is 0 Å². The lowest BCUT2D eigenvalue weighted by Gasteiger charge is -2.37. The molecule has 1 aliphatic rings. The Hall–Kier alpha value is -3.02. The van der Waals surface area contributed by atoms with Crippen molar-refractivity contribution >= 4 is 23.2 Å². The summed E-state index contributed by atoms with van der Waals surface area (Å²) >= 11 is 6.05. The molecule has 0 saturated carbocycles. The average Bonchev–Trinajstić information content (AvgIpc) is 2.78. The molecule has 4 rings (SSSR count). The monoisotopic (exact) mass is 436 g/mol. The van der Waals surface area contributed by atoms with Gasteiger partial charge in [0.25, 0.3) is 0 Å². The summed E-state index contributed by atoms with van der Waals surface area (Å²) < 4.78 is 11.1. The van der Waals surface area contributed by atoms with Gasteiger partial charge in [-0.3, -0.25) is 9.69 Å². The minimum Gasteiger partial charge on any atom is -0.493 e. The first-order valence-electron chi connectivity index (χ1n) is 10.2. The van der Waals surface area contributed by atoms with Crippen molar-refractivity contribution in [2.75, 3.05) is 32.6 Å². The van der Waals surface area contributed by atoms with Crippen molar-refractivity contribution in [2.45, 2.75) is 12.5 Å². The van der Waals surface area contributed by atoms with E-state index in [4.69, 9.17) is 21.1 Å². The predicted molar refractivity (Wildman–Crippen MR) is 123 cm³/mol. The molecule has 31 heavy (non-hydrogen) atoms. The summed E-state index contributed by atoms with van der Waals surface area (Å²) in [6.07, 6.45) is 0.823. The molecule has 160 valence electrons. The Morgan fingerprint density at radius 1 is 1.03 bits per heavy atom. The van der Waals surface area contributed by atoms with Gasteiger partial charge in [-0.1, -0.05) is 48.0 Å². The molecule has 3 aromatic carbocycles. The number of fused-ring (bicyclic) bond motifs is 1. The zero-order valence-electron chi connectivity index (χ0n) is 17.6. The Labute approximate surface area is 187 Å². The number of halogens is 1. The number of methoxy groups -OCH3 is 2. The van der Waals surface area contributed by atoms with E-state index in [-0.39, 0.29) is 18.5 Å². The number of benzene rings is 3. The molecule has 0 bridgehead atoms. The molecule has 0 saturated heterocycles. The van der Waals surface area contributed by atoms with Crippen molar-refractivity contribution in [2.24, 2.45) is 0 Å². The second kappa shape index (κ2) is 9.41. The lowest BCUT2D eigenvalue weighted by molar-refractivity contribution is -0.117. The van der Waals surface area contributed by atoms with Crippen LogP contribution in [0.15, 0.2) is 66.7 Å². The van der Waals surface area contributed by atoms with Crippen molar-refractivity contribution < 1.29 is 14.3 Å². The lowest BCUT2D eigenvalue weighted by Crippen LogP contribution is -2.41. The first-order valence-corrected chi connectivity index (χ1v) is 10.6. The van der Waals surface area contributed by atoms with Crippen LogP contribution < -0.4 is 14.8 Å². The number of hydrogen-bond donors (Lipinski definition) is 1. The standard InChI is InChI=1S/C25H25ClN2O3/c1-30-22-13-18-11-12-28(16-24(29)27-20-10-6-9-19(26)14-20)25(17-7-4-3-5-8-17)21(18)15-23(22)31-2/h3-10,13-15,25H,11-12,16H2,1-2H3,(H,27,29)/t25-/m0/s1. The summed E-state index contributed by atoms with van der Waals surface area (Å²) in [4.78, 5) is 15.1. The average molecular weight is 437 g/mol. The number of amides is 1. The van der Waals surface area contributed by atoms with Crippen LogP contribution >= 0.6 is 11.6 Å². The van der Waals surface area contributed by atoms with Crippen LogP contribution in [0.25, 0.3) is 0 Å². The number of anilines is 1. The molecule has 1 aliphatic heterocycles. The highest BCUT2D eigenvalue weighted by Crippen LogP contribution is 2.40. The van der Waals surface area contributed by atoms with Crippen LogP contribution in [0.5, 0.6) is 11.5 Å². The van der Waals surface area contributed by atoms with Crippen LogP contribution in [-0.2, 0) is 11.2 Å². The van der Waals surface area contributed by atoms with Crippen LogP contribution in [0.3, 0.4) is 0 Å². The zero-order chi connectivity index (χ0) is 21.8. The summed E-state index contributed by atoms with van der Waals surface area (Å²) in [5.41, 5.74) is 4.16. The topological polar surface area (TPSA) is 50.8 Å². The van der Waals surface area contributed by atoms with Crippen LogP contribution in [0.1, 0.15) is 22.7 Å². The van der Waals surface area contributed by atoms with Gasteiger partial charge in [-0.25, -0.2) is 0 Å². The molecule has 5 nitrogen and oxygen atoms in total. The Bertz CT molecular complexity index is 1070. The third-order valence-electron chi connectivity index (χ3n) is 5.54. The van der Waals surface area contributed by atoms with Gasteiger partial charge < -0.3 is 14.8 Å². The zero-order valence-corrected chi connectivity index (χ0v) is 18.4. The van der Waals surface area contributed by atoms with Crippen molar-refractivity contribution in [3.8, 4) is 11.5 Å². The maximum absolute atomic E-state index is 12.9. The van der Waals surface area contributed by atoms with E-state index in [0.717, 1.165) is 29.8 Å². The first kappa shape index (κ1) is 21.2. The normalized spacial score (nSPS) is 15.8. The molecule has 0 aliphatic carbocycles. The van der Waals surface area contributed by atoms with Gasteiger partial charge in [-0.05, 0) is 53.4 Å². The summed E-state index contributed by atoms with van der Waals surface area (Å²) in [6, 6.07) is 21.4. The quantitative estimate of drug-likeness (QED) is 0.594. The van der Waals surface area contributed by atoms with Crippen molar-refractivity contribution in [3.05, 3.63) is 88.4 Å². The van der Waals surface area contributed by atoms with Gasteiger partial charge in [0.15, 0.2) is 11.5 Å². The van der Waals surface area contributed by atoms with Gasteiger partial charge in [-0.15, -0.1) is 0 Å². The van der Waals surface area contributed by atoms with E-state index in [1.165, 1.54) is 5.56 Å². The van der Waals surface area contributed by atoms with E-state index in [9.17, 15) is 4.79 Å². The molecule has 0 spiro atoms. The third kappa shape index (κ3) is 4.68. The number of nitrogens with zero attached hydrogens (tertiary/aromatic N) is 1. The Morgan fingerprint density at radius 3 is 2.48 bits per heavy atom. The third-order valence-corrected chi connectivity index (χ3v) is 5.78. The van der Waals surface area contributed by atoms with E-state index in [2.05, 4.69) is 22.3 Å². The molecular formula is C25H25ClN2O3. The molecule has 1 amide bonds. The molecule has 0 aromatic heterocycles. The Morgan fingerprint density at radius 2 is 1.77 bits per heavy atom. The first-order chi connectivity index (χ1) is 15.1. The molecule has 3 aromatic rings. The van der Waals surface area contributed by atoms with Crippen LogP contribution in [-0.4, -0.2) is 38.1 Å². The summed E-state index contributed by atoms with van der Waals surface area (Å²) in [5.74, 6) is 1.33. The van der Waals surface area contributed by atoms with Crippen molar-refractivity contribution in [3.63, 3.8) is 0 Å². The highest BCUT2D eigenvalue weighted by molar-refractivity contribution is 6.30. The number of rotatable bonds is 6. The molecule has 0 unspecified atom stereocenters. The number of ether oxygens (including phenoxy) is 2.